The highest BCUT2D eigenvalue weighted by atomic mass is 16.3. The molecular formula is C32H42N2O. The number of hydrogen-bond donors (Lipinski definition) is 1. The van der Waals surface area contributed by atoms with Crippen LogP contribution in [0.4, 0.5) is 11.4 Å². The Kier molecular flexibility index (Phi) is 5.70. The van der Waals surface area contributed by atoms with Crippen molar-refractivity contribution in [2.45, 2.75) is 70.3 Å². The van der Waals surface area contributed by atoms with E-state index in [2.05, 4.69) is 58.3 Å². The van der Waals surface area contributed by atoms with E-state index in [9.17, 15) is 5.11 Å². The number of likely N-dealkylation sites (tertiary alicyclic amines) is 1. The number of aliphatic hydroxyl groups is 1. The molecule has 4 bridgehead atoms. The molecule has 1 saturated heterocycles. The Morgan fingerprint density at radius 1 is 0.771 bits per heavy atom. The summed E-state index contributed by atoms with van der Waals surface area (Å²) < 4.78 is 0. The number of hydrogen-bond acceptors (Lipinski definition) is 3. The zero-order valence-corrected chi connectivity index (χ0v) is 21.2. The van der Waals surface area contributed by atoms with E-state index in [4.69, 9.17) is 0 Å². The highest BCUT2D eigenvalue weighted by molar-refractivity contribution is 5.71. The topological polar surface area (TPSA) is 26.7 Å². The molecule has 5 fully saturated rings. The van der Waals surface area contributed by atoms with Gasteiger partial charge >= 0.3 is 0 Å². The Balaban J connectivity index is 1.01. The molecule has 0 spiro atoms. The summed E-state index contributed by atoms with van der Waals surface area (Å²) in [6.07, 6.45) is 12.9. The van der Waals surface area contributed by atoms with E-state index in [-0.39, 0.29) is 11.5 Å². The van der Waals surface area contributed by atoms with E-state index in [0.717, 1.165) is 56.8 Å². The predicted octanol–water partition coefficient (Wildman–Crippen LogP) is 6.21. The number of aliphatic hydroxyl groups excluding tert-OH is 1. The van der Waals surface area contributed by atoms with Crippen LogP contribution in [0.1, 0.15) is 62.5 Å². The predicted molar refractivity (Wildman–Crippen MR) is 143 cm³/mol. The lowest BCUT2D eigenvalue weighted by molar-refractivity contribution is -0.127. The van der Waals surface area contributed by atoms with Crippen molar-refractivity contribution in [1.82, 2.24) is 4.90 Å². The normalized spacial score (nSPS) is 33.3. The SMILES string of the molecule is O[C@@H](CN1CCC(CN2c3ccccc3CCc3ccccc32)CC1)C12CC3CC(CC(C3)C1)C2. The van der Waals surface area contributed by atoms with Crippen LogP contribution in [0.3, 0.4) is 0 Å². The number of aryl methyl sites for hydroxylation is 2. The quantitative estimate of drug-likeness (QED) is 0.563. The lowest BCUT2D eigenvalue weighted by Gasteiger charge is -2.59. The summed E-state index contributed by atoms with van der Waals surface area (Å²) >= 11 is 0. The summed E-state index contributed by atoms with van der Waals surface area (Å²) in [6, 6.07) is 18.1. The Morgan fingerprint density at radius 2 is 1.29 bits per heavy atom. The lowest BCUT2D eigenvalue weighted by Crippen LogP contribution is -2.55. The van der Waals surface area contributed by atoms with Gasteiger partial charge in [0.25, 0.3) is 0 Å². The Hall–Kier alpha value is -1.84. The van der Waals surface area contributed by atoms with Gasteiger partial charge in [0.1, 0.15) is 0 Å². The first-order valence-electron chi connectivity index (χ1n) is 14.5. The Labute approximate surface area is 211 Å². The number of nitrogens with zero attached hydrogens (tertiary/aromatic N) is 2. The van der Waals surface area contributed by atoms with Crippen LogP contribution in [0.5, 0.6) is 0 Å². The number of benzene rings is 2. The largest absolute Gasteiger partial charge is 0.391 e. The second-order valence-electron chi connectivity index (χ2n) is 12.9. The van der Waals surface area contributed by atoms with Crippen LogP contribution in [0.25, 0.3) is 0 Å². The molecule has 4 aliphatic carbocycles. The third-order valence-corrected chi connectivity index (χ3v) is 10.6. The molecule has 2 heterocycles. The maximum Gasteiger partial charge on any atom is 0.0723 e. The van der Waals surface area contributed by atoms with Crippen molar-refractivity contribution in [3.63, 3.8) is 0 Å². The molecule has 35 heavy (non-hydrogen) atoms. The maximum absolute atomic E-state index is 11.5. The minimum atomic E-state index is -0.114. The Morgan fingerprint density at radius 3 is 1.83 bits per heavy atom. The second-order valence-corrected chi connectivity index (χ2v) is 12.9. The first-order valence-corrected chi connectivity index (χ1v) is 14.5. The van der Waals surface area contributed by atoms with Gasteiger partial charge in [-0.2, -0.15) is 0 Å². The van der Waals surface area contributed by atoms with Crippen molar-refractivity contribution in [2.75, 3.05) is 31.1 Å². The molecule has 186 valence electrons. The van der Waals surface area contributed by atoms with E-state index in [1.807, 2.05) is 0 Å². The average molecular weight is 471 g/mol. The van der Waals surface area contributed by atoms with Crippen LogP contribution in [0.2, 0.25) is 0 Å². The zero-order chi connectivity index (χ0) is 23.4. The number of piperidine rings is 1. The van der Waals surface area contributed by atoms with Crippen LogP contribution in [0.15, 0.2) is 48.5 Å². The average Bonchev–Trinajstić information content (AvgIpc) is 3.02. The third kappa shape index (κ3) is 4.13. The molecule has 0 radical (unpaired) electrons. The van der Waals surface area contributed by atoms with Crippen molar-refractivity contribution in [1.29, 1.82) is 0 Å². The van der Waals surface area contributed by atoms with Gasteiger partial charge in [-0.05, 0) is 130 Å². The standard InChI is InChI=1S/C32H42N2O/c35-31(32-18-24-15-25(19-32)17-26(16-24)20-32)22-33-13-11-23(12-14-33)21-34-29-7-3-1-5-27(29)9-10-28-6-2-4-8-30(28)34/h1-8,23-26,31,35H,9-22H2/t24?,25?,26?,31-,32?/m0/s1. The van der Waals surface area contributed by atoms with E-state index in [1.165, 1.54) is 73.9 Å². The van der Waals surface area contributed by atoms with Gasteiger partial charge in [-0.15, -0.1) is 0 Å². The van der Waals surface area contributed by atoms with E-state index in [1.54, 1.807) is 0 Å². The second kappa shape index (κ2) is 8.92. The van der Waals surface area contributed by atoms with Gasteiger partial charge in [-0.3, -0.25) is 0 Å². The summed E-state index contributed by atoms with van der Waals surface area (Å²) in [5, 5.41) is 11.5. The molecule has 0 aromatic heterocycles. The molecule has 8 rings (SSSR count). The van der Waals surface area contributed by atoms with Crippen molar-refractivity contribution >= 4 is 11.4 Å². The molecular weight excluding hydrogens is 428 g/mol. The van der Waals surface area contributed by atoms with Gasteiger partial charge in [-0.25, -0.2) is 0 Å². The zero-order valence-electron chi connectivity index (χ0n) is 21.2. The van der Waals surface area contributed by atoms with Gasteiger partial charge < -0.3 is 14.9 Å². The molecule has 4 saturated carbocycles. The summed E-state index contributed by atoms with van der Waals surface area (Å²) in [5.41, 5.74) is 6.05. The lowest BCUT2D eigenvalue weighted by atomic mass is 9.48. The molecule has 2 aromatic rings. The Bertz CT molecular complexity index is 972. The van der Waals surface area contributed by atoms with Crippen LogP contribution < -0.4 is 4.90 Å². The molecule has 1 N–H and O–H groups in total. The van der Waals surface area contributed by atoms with E-state index < -0.39 is 0 Å². The molecule has 1 atom stereocenters. The number of para-hydroxylation sites is 2. The number of β-amino-alcohol motifs (C(OH)–C–C–N with tert-alkyl or cyclic N) is 1. The molecule has 3 heteroatoms. The molecule has 6 aliphatic rings. The van der Waals surface area contributed by atoms with Crippen molar-refractivity contribution < 1.29 is 5.11 Å². The first kappa shape index (κ1) is 22.4. The van der Waals surface area contributed by atoms with Gasteiger partial charge in [0, 0.05) is 24.5 Å². The van der Waals surface area contributed by atoms with Crippen LogP contribution in [0, 0.1) is 29.1 Å². The number of anilines is 2. The fraction of sp³-hybridized carbons (Fsp3) is 0.625. The summed E-state index contributed by atoms with van der Waals surface area (Å²) in [4.78, 5) is 5.23. The molecule has 0 unspecified atom stereocenters. The van der Waals surface area contributed by atoms with E-state index >= 15 is 0 Å². The van der Waals surface area contributed by atoms with Crippen LogP contribution in [-0.4, -0.2) is 42.3 Å². The maximum atomic E-state index is 11.5. The third-order valence-electron chi connectivity index (χ3n) is 10.6. The van der Waals surface area contributed by atoms with Crippen molar-refractivity contribution in [3.05, 3.63) is 59.7 Å². The molecule has 0 amide bonds. The highest BCUT2D eigenvalue weighted by Gasteiger charge is 2.54. The summed E-state index contributed by atoms with van der Waals surface area (Å²) in [7, 11) is 0. The van der Waals surface area contributed by atoms with Gasteiger partial charge in [-0.1, -0.05) is 36.4 Å². The van der Waals surface area contributed by atoms with Crippen molar-refractivity contribution in [3.8, 4) is 0 Å². The molecule has 2 aliphatic heterocycles. The van der Waals surface area contributed by atoms with E-state index in [0.29, 0.717) is 5.92 Å². The number of rotatable bonds is 5. The number of fused-ring (bicyclic) bond motifs is 2. The minimum Gasteiger partial charge on any atom is -0.391 e. The minimum absolute atomic E-state index is 0.114. The summed E-state index contributed by atoms with van der Waals surface area (Å²) in [6.45, 7) is 4.31. The van der Waals surface area contributed by atoms with Gasteiger partial charge in [0.2, 0.25) is 0 Å². The van der Waals surface area contributed by atoms with Gasteiger partial charge in [0.15, 0.2) is 0 Å². The molecule has 2 aromatic carbocycles. The van der Waals surface area contributed by atoms with Crippen molar-refractivity contribution in [2.24, 2.45) is 29.1 Å². The monoisotopic (exact) mass is 470 g/mol. The van der Waals surface area contributed by atoms with Crippen LogP contribution in [-0.2, 0) is 12.8 Å². The first-order chi connectivity index (χ1) is 17.1. The summed E-state index contributed by atoms with van der Waals surface area (Å²) in [5.74, 6) is 3.46. The fourth-order valence-electron chi connectivity index (χ4n) is 9.20. The van der Waals surface area contributed by atoms with Gasteiger partial charge in [0.05, 0.1) is 6.10 Å². The van der Waals surface area contributed by atoms with Crippen LogP contribution >= 0.6 is 0 Å². The fourth-order valence-corrected chi connectivity index (χ4v) is 9.20. The smallest absolute Gasteiger partial charge is 0.0723 e. The molecule has 3 nitrogen and oxygen atoms in total. The highest BCUT2D eigenvalue weighted by Crippen LogP contribution is 2.61.